The first kappa shape index (κ1) is 19.3. The van der Waals surface area contributed by atoms with E-state index in [1.807, 2.05) is 18.4 Å². The molecule has 0 aliphatic heterocycles. The highest BCUT2D eigenvalue weighted by molar-refractivity contribution is 7.98. The minimum absolute atomic E-state index is 0. The predicted molar refractivity (Wildman–Crippen MR) is 97.6 cm³/mol. The minimum atomic E-state index is -0.507. The number of thioether (sulfide) groups is 1. The summed E-state index contributed by atoms with van der Waals surface area (Å²) in [6.45, 7) is 0. The van der Waals surface area contributed by atoms with Crippen LogP contribution in [0.25, 0.3) is 0 Å². The van der Waals surface area contributed by atoms with Gasteiger partial charge in [0.2, 0.25) is 11.8 Å². The third-order valence-corrected chi connectivity index (χ3v) is 3.58. The highest BCUT2D eigenvalue weighted by atomic mass is 35.5. The van der Waals surface area contributed by atoms with E-state index in [0.717, 1.165) is 5.75 Å². The third kappa shape index (κ3) is 6.48. The molecule has 124 valence electrons. The summed E-state index contributed by atoms with van der Waals surface area (Å²) in [7, 11) is 0. The largest absolute Gasteiger partial charge is 0.439 e. The van der Waals surface area contributed by atoms with Crippen LogP contribution in [-0.4, -0.2) is 28.9 Å². The average Bonchev–Trinajstić information content (AvgIpc) is 2.54. The molecule has 1 amide bonds. The van der Waals surface area contributed by atoms with Crippen molar-refractivity contribution < 1.29 is 9.53 Å². The number of carbonyl (C=O) groups excluding carboxylic acids is 1. The second kappa shape index (κ2) is 10.1. The number of ether oxygens (including phenoxy) is 1. The number of hydrogen-bond acceptors (Lipinski definition) is 5. The average molecular weight is 354 g/mol. The number of anilines is 1. The second-order valence-corrected chi connectivity index (χ2v) is 5.66. The number of aromatic nitrogens is 1. The molecule has 0 radical (unpaired) electrons. The van der Waals surface area contributed by atoms with E-state index in [0.29, 0.717) is 23.7 Å². The number of nitrogens with two attached hydrogens (primary N) is 1. The van der Waals surface area contributed by atoms with Gasteiger partial charge < -0.3 is 15.8 Å². The van der Waals surface area contributed by atoms with Crippen molar-refractivity contribution in [3.63, 3.8) is 0 Å². The number of nitrogens with zero attached hydrogens (tertiary/aromatic N) is 1. The van der Waals surface area contributed by atoms with Crippen molar-refractivity contribution in [3.05, 3.63) is 48.7 Å². The van der Waals surface area contributed by atoms with Gasteiger partial charge in [0.25, 0.3) is 0 Å². The second-order valence-electron chi connectivity index (χ2n) is 4.68. The molecule has 1 heterocycles. The lowest BCUT2D eigenvalue weighted by Gasteiger charge is -2.12. The Kier molecular flexibility index (Phi) is 8.47. The van der Waals surface area contributed by atoms with Gasteiger partial charge in [0, 0.05) is 24.0 Å². The highest BCUT2D eigenvalue weighted by Crippen LogP contribution is 2.22. The predicted octanol–water partition coefficient (Wildman–Crippen LogP) is 3.31. The lowest BCUT2D eigenvalue weighted by molar-refractivity contribution is -0.117. The summed E-state index contributed by atoms with van der Waals surface area (Å²) in [6.07, 6.45) is 4.30. The molecule has 1 aromatic heterocycles. The number of halogens is 1. The first-order valence-electron chi connectivity index (χ1n) is 6.93. The molecular weight excluding hydrogens is 334 g/mol. The first-order valence-corrected chi connectivity index (χ1v) is 8.33. The van der Waals surface area contributed by atoms with E-state index >= 15 is 0 Å². The summed E-state index contributed by atoms with van der Waals surface area (Å²) < 4.78 is 5.63. The Hall–Kier alpha value is -1.76. The van der Waals surface area contributed by atoms with Crippen LogP contribution in [-0.2, 0) is 4.79 Å². The third-order valence-electron chi connectivity index (χ3n) is 2.93. The van der Waals surface area contributed by atoms with Gasteiger partial charge in [0.15, 0.2) is 0 Å². The van der Waals surface area contributed by atoms with Crippen molar-refractivity contribution in [3.8, 4) is 11.6 Å². The minimum Gasteiger partial charge on any atom is -0.439 e. The quantitative estimate of drug-likeness (QED) is 0.798. The van der Waals surface area contributed by atoms with Crippen LogP contribution in [0.1, 0.15) is 6.42 Å². The smallest absolute Gasteiger partial charge is 0.241 e. The van der Waals surface area contributed by atoms with E-state index in [4.69, 9.17) is 10.5 Å². The summed E-state index contributed by atoms with van der Waals surface area (Å²) in [4.78, 5) is 16.1. The van der Waals surface area contributed by atoms with E-state index in [-0.39, 0.29) is 18.3 Å². The van der Waals surface area contributed by atoms with Gasteiger partial charge in [-0.05, 0) is 36.6 Å². The van der Waals surface area contributed by atoms with E-state index in [9.17, 15) is 4.79 Å². The van der Waals surface area contributed by atoms with Crippen molar-refractivity contribution in [2.24, 2.45) is 5.73 Å². The molecule has 0 unspecified atom stereocenters. The number of amides is 1. The van der Waals surface area contributed by atoms with Gasteiger partial charge >= 0.3 is 0 Å². The van der Waals surface area contributed by atoms with Crippen molar-refractivity contribution in [1.29, 1.82) is 0 Å². The van der Waals surface area contributed by atoms with Gasteiger partial charge in [-0.25, -0.2) is 4.98 Å². The lowest BCUT2D eigenvalue weighted by atomic mass is 10.2. The zero-order valence-electron chi connectivity index (χ0n) is 12.8. The van der Waals surface area contributed by atoms with Crippen LogP contribution in [0.15, 0.2) is 48.7 Å². The van der Waals surface area contributed by atoms with Crippen molar-refractivity contribution in [1.82, 2.24) is 4.98 Å². The standard InChI is InChI=1S/C16H19N3O2S.ClH/c1-22-10-8-14(17)16(20)19-12-5-4-6-13(11-12)21-15-7-2-3-9-18-15;/h2-7,9,11,14H,8,10,17H2,1H3,(H,19,20);1H/t14-;/m0./s1. The molecule has 0 bridgehead atoms. The van der Waals surface area contributed by atoms with Gasteiger partial charge in [-0.2, -0.15) is 11.8 Å². The van der Waals surface area contributed by atoms with Crippen LogP contribution in [0.2, 0.25) is 0 Å². The summed E-state index contributed by atoms with van der Waals surface area (Å²) in [5.41, 5.74) is 6.50. The number of nitrogens with one attached hydrogen (secondary N) is 1. The van der Waals surface area contributed by atoms with E-state index < -0.39 is 6.04 Å². The van der Waals surface area contributed by atoms with Gasteiger partial charge in [-0.15, -0.1) is 12.4 Å². The van der Waals surface area contributed by atoms with Gasteiger partial charge in [0.1, 0.15) is 5.75 Å². The molecule has 7 heteroatoms. The maximum absolute atomic E-state index is 12.0. The van der Waals surface area contributed by atoms with Crippen LogP contribution >= 0.6 is 24.2 Å². The maximum Gasteiger partial charge on any atom is 0.241 e. The topological polar surface area (TPSA) is 77.2 Å². The zero-order chi connectivity index (χ0) is 15.8. The summed E-state index contributed by atoms with van der Waals surface area (Å²) in [5, 5.41) is 2.80. The molecule has 1 atom stereocenters. The van der Waals surface area contributed by atoms with Crippen LogP contribution in [0.4, 0.5) is 5.69 Å². The Labute approximate surface area is 146 Å². The normalized spacial score (nSPS) is 11.2. The SMILES string of the molecule is CSCC[C@H](N)C(=O)Nc1cccc(Oc2ccccn2)c1.Cl. The van der Waals surface area contributed by atoms with Crippen molar-refractivity contribution in [2.45, 2.75) is 12.5 Å². The molecule has 2 rings (SSSR count). The first-order chi connectivity index (χ1) is 10.7. The molecular formula is C16H20ClN3O2S. The zero-order valence-corrected chi connectivity index (χ0v) is 14.4. The maximum atomic E-state index is 12.0. The van der Waals surface area contributed by atoms with E-state index in [2.05, 4.69) is 10.3 Å². The molecule has 0 saturated carbocycles. The molecule has 0 saturated heterocycles. The molecule has 0 aliphatic rings. The lowest BCUT2D eigenvalue weighted by Crippen LogP contribution is -2.36. The van der Waals surface area contributed by atoms with Gasteiger partial charge in [0.05, 0.1) is 6.04 Å². The summed E-state index contributed by atoms with van der Waals surface area (Å²) in [6, 6.07) is 12.1. The Balaban J connectivity index is 0.00000264. The van der Waals surface area contributed by atoms with Crippen LogP contribution in [0, 0.1) is 0 Å². The summed E-state index contributed by atoms with van der Waals surface area (Å²) in [5.74, 6) is 1.78. The Bertz CT molecular complexity index is 613. The molecule has 23 heavy (non-hydrogen) atoms. The van der Waals surface area contributed by atoms with E-state index in [1.165, 1.54) is 0 Å². The van der Waals surface area contributed by atoms with Crippen LogP contribution in [0.5, 0.6) is 11.6 Å². The van der Waals surface area contributed by atoms with Crippen LogP contribution in [0.3, 0.4) is 0 Å². The molecule has 2 aromatic rings. The number of pyridine rings is 1. The molecule has 1 aromatic carbocycles. The number of carbonyl (C=O) groups is 1. The fourth-order valence-corrected chi connectivity index (χ4v) is 2.27. The molecule has 3 N–H and O–H groups in total. The highest BCUT2D eigenvalue weighted by Gasteiger charge is 2.13. The Morgan fingerprint density at radius 3 is 2.87 bits per heavy atom. The number of benzene rings is 1. The fourth-order valence-electron chi connectivity index (χ4n) is 1.78. The fraction of sp³-hybridized carbons (Fsp3) is 0.250. The monoisotopic (exact) mass is 353 g/mol. The van der Waals surface area contributed by atoms with Crippen molar-refractivity contribution >= 4 is 35.8 Å². The summed E-state index contributed by atoms with van der Waals surface area (Å²) >= 11 is 1.67. The van der Waals surface area contributed by atoms with E-state index in [1.54, 1.807) is 48.3 Å². The van der Waals surface area contributed by atoms with Crippen molar-refractivity contribution in [2.75, 3.05) is 17.3 Å². The number of rotatable bonds is 7. The Morgan fingerprint density at radius 1 is 1.35 bits per heavy atom. The Morgan fingerprint density at radius 2 is 2.17 bits per heavy atom. The molecule has 5 nitrogen and oxygen atoms in total. The molecule has 0 aliphatic carbocycles. The van der Waals surface area contributed by atoms with Crippen LogP contribution < -0.4 is 15.8 Å². The van der Waals surface area contributed by atoms with Gasteiger partial charge in [-0.3, -0.25) is 4.79 Å². The number of hydrogen-bond donors (Lipinski definition) is 2. The molecule has 0 fully saturated rings. The van der Waals surface area contributed by atoms with Gasteiger partial charge in [-0.1, -0.05) is 12.1 Å². The molecule has 0 spiro atoms.